The highest BCUT2D eigenvalue weighted by molar-refractivity contribution is 5.46. The number of benzene rings is 2. The molecular weight excluding hydrogens is 364 g/mol. The number of hydrogen-bond donors (Lipinski definition) is 0. The minimum atomic E-state index is -0.545. The Labute approximate surface area is 170 Å². The molecule has 2 aromatic heterocycles. The third-order valence-corrected chi connectivity index (χ3v) is 5.03. The molecule has 29 heavy (non-hydrogen) atoms. The van der Waals surface area contributed by atoms with Gasteiger partial charge in [-0.15, -0.1) is 0 Å². The van der Waals surface area contributed by atoms with Crippen molar-refractivity contribution in [1.29, 1.82) is 0 Å². The van der Waals surface area contributed by atoms with E-state index in [0.29, 0.717) is 11.5 Å². The lowest BCUT2D eigenvalue weighted by Crippen LogP contribution is -2.22. The van der Waals surface area contributed by atoms with Gasteiger partial charge in [0.05, 0.1) is 43.4 Å². The van der Waals surface area contributed by atoms with Gasteiger partial charge in [-0.3, -0.25) is 0 Å². The van der Waals surface area contributed by atoms with Crippen molar-refractivity contribution in [2.45, 2.75) is 19.3 Å². The van der Waals surface area contributed by atoms with Gasteiger partial charge in [0, 0.05) is 0 Å². The third kappa shape index (κ3) is 3.38. The second-order valence-corrected chi connectivity index (χ2v) is 7.28. The van der Waals surface area contributed by atoms with Gasteiger partial charge in [-0.25, -0.2) is 9.36 Å². The predicted molar refractivity (Wildman–Crippen MR) is 112 cm³/mol. The summed E-state index contributed by atoms with van der Waals surface area (Å²) in [5.74, 6) is 1.41. The van der Waals surface area contributed by atoms with Crippen LogP contribution in [-0.2, 0) is 5.41 Å². The van der Waals surface area contributed by atoms with Crippen LogP contribution in [0.4, 0.5) is 0 Å². The molecule has 2 aromatic carbocycles. The zero-order chi connectivity index (χ0) is 20.4. The molecule has 0 saturated carbocycles. The molecule has 0 aliphatic carbocycles. The standard InChI is InChI=1S/C23H24N4O2/c1-23(2,21-19(28-3)15-26(24-21)17-11-7-5-8-12-17)22-20(29-4)16-27(25-22)18-13-9-6-10-14-18/h5-16H,1-4H3. The molecule has 0 aliphatic rings. The van der Waals surface area contributed by atoms with E-state index in [1.807, 2.05) is 82.4 Å². The van der Waals surface area contributed by atoms with E-state index in [2.05, 4.69) is 13.8 Å². The molecule has 0 N–H and O–H groups in total. The molecule has 0 bridgehead atoms. The SMILES string of the molecule is COc1cn(-c2ccccc2)nc1C(C)(C)c1nn(-c2ccccc2)cc1OC. The summed E-state index contributed by atoms with van der Waals surface area (Å²) in [6, 6.07) is 19.9. The van der Waals surface area contributed by atoms with Gasteiger partial charge < -0.3 is 9.47 Å². The Balaban J connectivity index is 1.81. The van der Waals surface area contributed by atoms with Gasteiger partial charge in [0.1, 0.15) is 11.4 Å². The number of nitrogens with zero attached hydrogens (tertiary/aromatic N) is 4. The minimum Gasteiger partial charge on any atom is -0.493 e. The molecule has 0 saturated heterocycles. The summed E-state index contributed by atoms with van der Waals surface area (Å²) in [6.45, 7) is 4.15. The van der Waals surface area contributed by atoms with Gasteiger partial charge >= 0.3 is 0 Å². The van der Waals surface area contributed by atoms with E-state index in [1.54, 1.807) is 14.2 Å². The molecule has 6 nitrogen and oxygen atoms in total. The van der Waals surface area contributed by atoms with Crippen molar-refractivity contribution in [2.24, 2.45) is 0 Å². The Morgan fingerprint density at radius 1 is 0.655 bits per heavy atom. The van der Waals surface area contributed by atoms with Gasteiger partial charge in [-0.05, 0) is 38.1 Å². The summed E-state index contributed by atoms with van der Waals surface area (Å²) in [5.41, 5.74) is 2.97. The van der Waals surface area contributed by atoms with Crippen LogP contribution >= 0.6 is 0 Å². The predicted octanol–water partition coefficient (Wildman–Crippen LogP) is 4.40. The van der Waals surface area contributed by atoms with Gasteiger partial charge in [-0.2, -0.15) is 10.2 Å². The minimum absolute atomic E-state index is 0.545. The first-order valence-corrected chi connectivity index (χ1v) is 9.43. The lowest BCUT2D eigenvalue weighted by Gasteiger charge is -2.22. The van der Waals surface area contributed by atoms with E-state index >= 15 is 0 Å². The summed E-state index contributed by atoms with van der Waals surface area (Å²) >= 11 is 0. The van der Waals surface area contributed by atoms with Crippen LogP contribution < -0.4 is 9.47 Å². The maximum Gasteiger partial charge on any atom is 0.161 e. The molecule has 6 heteroatoms. The summed E-state index contributed by atoms with van der Waals surface area (Å²) in [7, 11) is 3.32. The lowest BCUT2D eigenvalue weighted by molar-refractivity contribution is 0.385. The fourth-order valence-electron chi connectivity index (χ4n) is 3.42. The van der Waals surface area contributed by atoms with E-state index in [4.69, 9.17) is 19.7 Å². The normalized spacial score (nSPS) is 11.4. The van der Waals surface area contributed by atoms with Crippen LogP contribution in [0.15, 0.2) is 73.1 Å². The summed E-state index contributed by atoms with van der Waals surface area (Å²) < 4.78 is 15.0. The Kier molecular flexibility index (Phi) is 4.84. The number of aromatic nitrogens is 4. The van der Waals surface area contributed by atoms with E-state index in [9.17, 15) is 0 Å². The summed E-state index contributed by atoms with van der Waals surface area (Å²) in [4.78, 5) is 0. The first-order chi connectivity index (χ1) is 14.0. The summed E-state index contributed by atoms with van der Waals surface area (Å²) in [6.07, 6.45) is 3.79. The van der Waals surface area contributed by atoms with Crippen molar-refractivity contribution < 1.29 is 9.47 Å². The molecule has 148 valence electrons. The van der Waals surface area contributed by atoms with E-state index in [0.717, 1.165) is 22.8 Å². The van der Waals surface area contributed by atoms with Gasteiger partial charge in [0.15, 0.2) is 11.5 Å². The maximum atomic E-state index is 5.66. The number of methoxy groups -OCH3 is 2. The zero-order valence-electron chi connectivity index (χ0n) is 17.0. The third-order valence-electron chi connectivity index (χ3n) is 5.03. The van der Waals surface area contributed by atoms with Crippen molar-refractivity contribution in [1.82, 2.24) is 19.6 Å². The highest BCUT2D eigenvalue weighted by Crippen LogP contribution is 2.40. The van der Waals surface area contributed by atoms with Crippen LogP contribution in [0.2, 0.25) is 0 Å². The fraction of sp³-hybridized carbons (Fsp3) is 0.217. The number of rotatable bonds is 6. The van der Waals surface area contributed by atoms with Crippen molar-refractivity contribution >= 4 is 0 Å². The van der Waals surface area contributed by atoms with Gasteiger partial charge in [0.2, 0.25) is 0 Å². The average molecular weight is 388 g/mol. The number of ether oxygens (including phenoxy) is 2. The Morgan fingerprint density at radius 3 is 1.38 bits per heavy atom. The van der Waals surface area contributed by atoms with E-state index in [1.165, 1.54) is 0 Å². The molecule has 4 aromatic rings. The van der Waals surface area contributed by atoms with Gasteiger partial charge in [-0.1, -0.05) is 36.4 Å². The van der Waals surface area contributed by atoms with Crippen LogP contribution in [0.25, 0.3) is 11.4 Å². The second kappa shape index (κ2) is 7.47. The Hall–Kier alpha value is -3.54. The summed E-state index contributed by atoms with van der Waals surface area (Å²) in [5, 5.41) is 9.69. The average Bonchev–Trinajstić information content (AvgIpc) is 3.40. The monoisotopic (exact) mass is 388 g/mol. The smallest absolute Gasteiger partial charge is 0.161 e. The molecule has 0 amide bonds. The quantitative estimate of drug-likeness (QED) is 0.491. The van der Waals surface area contributed by atoms with Gasteiger partial charge in [0.25, 0.3) is 0 Å². The zero-order valence-corrected chi connectivity index (χ0v) is 17.0. The fourth-order valence-corrected chi connectivity index (χ4v) is 3.42. The molecule has 2 heterocycles. The highest BCUT2D eigenvalue weighted by atomic mass is 16.5. The molecule has 0 unspecified atom stereocenters. The van der Waals surface area contributed by atoms with Crippen molar-refractivity contribution in [2.75, 3.05) is 14.2 Å². The van der Waals surface area contributed by atoms with Crippen molar-refractivity contribution in [3.8, 4) is 22.9 Å². The van der Waals surface area contributed by atoms with Crippen LogP contribution in [0.3, 0.4) is 0 Å². The molecule has 0 radical (unpaired) electrons. The maximum absolute atomic E-state index is 5.66. The van der Waals surface area contributed by atoms with E-state index < -0.39 is 5.41 Å². The lowest BCUT2D eigenvalue weighted by atomic mass is 9.85. The largest absolute Gasteiger partial charge is 0.493 e. The molecule has 0 spiro atoms. The van der Waals surface area contributed by atoms with Crippen LogP contribution in [0.1, 0.15) is 25.2 Å². The first-order valence-electron chi connectivity index (χ1n) is 9.43. The Bertz CT molecular complexity index is 1010. The molecule has 0 aliphatic heterocycles. The Morgan fingerprint density at radius 2 is 1.03 bits per heavy atom. The highest BCUT2D eigenvalue weighted by Gasteiger charge is 2.36. The molecule has 4 rings (SSSR count). The number of para-hydroxylation sites is 2. The first kappa shape index (κ1) is 18.8. The van der Waals surface area contributed by atoms with Crippen LogP contribution in [-0.4, -0.2) is 33.8 Å². The topological polar surface area (TPSA) is 54.1 Å². The molecule has 0 fully saturated rings. The van der Waals surface area contributed by atoms with E-state index in [-0.39, 0.29) is 0 Å². The van der Waals surface area contributed by atoms with Crippen LogP contribution in [0.5, 0.6) is 11.5 Å². The number of hydrogen-bond acceptors (Lipinski definition) is 4. The van der Waals surface area contributed by atoms with Crippen molar-refractivity contribution in [3.05, 3.63) is 84.4 Å². The second-order valence-electron chi connectivity index (χ2n) is 7.28. The van der Waals surface area contributed by atoms with Crippen LogP contribution in [0, 0.1) is 0 Å². The molecule has 0 atom stereocenters. The molecular formula is C23H24N4O2. The van der Waals surface area contributed by atoms with Crippen molar-refractivity contribution in [3.63, 3.8) is 0 Å².